The van der Waals surface area contributed by atoms with Gasteiger partial charge in [-0.25, -0.2) is 4.39 Å². The number of nitrogens with zero attached hydrogens (tertiary/aromatic N) is 2. The highest BCUT2D eigenvalue weighted by molar-refractivity contribution is 9.10. The highest BCUT2D eigenvalue weighted by Crippen LogP contribution is 2.36. The molecule has 0 atom stereocenters. The van der Waals surface area contributed by atoms with E-state index in [1.54, 1.807) is 12.1 Å². The first-order valence-corrected chi connectivity index (χ1v) is 6.37. The van der Waals surface area contributed by atoms with Crippen LogP contribution in [-0.4, -0.2) is 13.1 Å². The molecule has 90 valence electrons. The number of anilines is 1. The number of rotatable bonds is 1. The fraction of sp³-hybridized carbons (Fsp3) is 0.462. The van der Waals surface area contributed by atoms with Crippen molar-refractivity contribution in [2.75, 3.05) is 18.0 Å². The van der Waals surface area contributed by atoms with Gasteiger partial charge in [-0.15, -0.1) is 0 Å². The second kappa shape index (κ2) is 4.30. The number of benzene rings is 1. The Balaban J connectivity index is 2.36. The van der Waals surface area contributed by atoms with Crippen molar-refractivity contribution < 1.29 is 4.39 Å². The van der Waals surface area contributed by atoms with Gasteiger partial charge < -0.3 is 4.90 Å². The van der Waals surface area contributed by atoms with E-state index < -0.39 is 0 Å². The van der Waals surface area contributed by atoms with Crippen LogP contribution >= 0.6 is 15.9 Å². The zero-order valence-electron chi connectivity index (χ0n) is 9.93. The predicted molar refractivity (Wildman–Crippen MR) is 69.4 cm³/mol. The van der Waals surface area contributed by atoms with E-state index in [9.17, 15) is 4.39 Å². The van der Waals surface area contributed by atoms with Crippen molar-refractivity contribution in [3.63, 3.8) is 0 Å². The van der Waals surface area contributed by atoms with E-state index in [0.717, 1.165) is 19.5 Å². The van der Waals surface area contributed by atoms with E-state index >= 15 is 0 Å². The Kier molecular flexibility index (Phi) is 3.13. The first kappa shape index (κ1) is 12.4. The Morgan fingerprint density at radius 2 is 2.18 bits per heavy atom. The smallest absolute Gasteiger partial charge is 0.161 e. The molecule has 0 radical (unpaired) electrons. The first-order chi connectivity index (χ1) is 7.94. The van der Waals surface area contributed by atoms with Crippen molar-refractivity contribution in [1.82, 2.24) is 0 Å². The number of nitriles is 1. The Morgan fingerprint density at radius 3 is 2.71 bits per heavy atom. The third-order valence-corrected chi connectivity index (χ3v) is 3.98. The minimum Gasteiger partial charge on any atom is -0.369 e. The molecule has 2 rings (SSSR count). The molecule has 1 fully saturated rings. The van der Waals surface area contributed by atoms with E-state index in [1.807, 2.05) is 11.0 Å². The van der Waals surface area contributed by atoms with E-state index in [2.05, 4.69) is 29.8 Å². The fourth-order valence-electron chi connectivity index (χ4n) is 2.19. The molecule has 1 aliphatic rings. The maximum absolute atomic E-state index is 14.1. The summed E-state index contributed by atoms with van der Waals surface area (Å²) in [5, 5.41) is 8.82. The third kappa shape index (κ3) is 2.30. The molecule has 0 bridgehead atoms. The highest BCUT2D eigenvalue weighted by atomic mass is 79.9. The molecule has 1 aromatic rings. The quantitative estimate of drug-likeness (QED) is 0.790. The summed E-state index contributed by atoms with van der Waals surface area (Å²) in [4.78, 5) is 2.04. The van der Waals surface area contributed by atoms with Crippen LogP contribution in [-0.2, 0) is 0 Å². The Hall–Kier alpha value is -1.08. The molecule has 17 heavy (non-hydrogen) atoms. The van der Waals surface area contributed by atoms with Gasteiger partial charge >= 0.3 is 0 Å². The standard InChI is InChI=1S/C13H14BrFN2/c1-13(2)5-6-17(8-13)10-4-3-9(7-16)11(14)12(10)15/h3-4H,5-6,8H2,1-2H3. The number of hydrogen-bond donors (Lipinski definition) is 0. The Morgan fingerprint density at radius 1 is 1.47 bits per heavy atom. The van der Waals surface area contributed by atoms with Gasteiger partial charge in [0.1, 0.15) is 6.07 Å². The molecule has 0 spiro atoms. The van der Waals surface area contributed by atoms with Crippen molar-refractivity contribution in [2.45, 2.75) is 20.3 Å². The van der Waals surface area contributed by atoms with E-state index in [-0.39, 0.29) is 15.7 Å². The van der Waals surface area contributed by atoms with Gasteiger partial charge in [0, 0.05) is 13.1 Å². The summed E-state index contributed by atoms with van der Waals surface area (Å²) < 4.78 is 14.4. The van der Waals surface area contributed by atoms with Crippen LogP contribution in [0.2, 0.25) is 0 Å². The Bertz CT molecular complexity index is 491. The maximum atomic E-state index is 14.1. The van der Waals surface area contributed by atoms with Crippen molar-refractivity contribution >= 4 is 21.6 Å². The predicted octanol–water partition coefficient (Wildman–Crippen LogP) is 3.70. The molecule has 4 heteroatoms. The van der Waals surface area contributed by atoms with Gasteiger partial charge in [-0.3, -0.25) is 0 Å². The van der Waals surface area contributed by atoms with Crippen LogP contribution in [0.3, 0.4) is 0 Å². The zero-order valence-corrected chi connectivity index (χ0v) is 11.5. The largest absolute Gasteiger partial charge is 0.369 e. The summed E-state index contributed by atoms with van der Waals surface area (Å²) in [5.74, 6) is -0.332. The zero-order chi connectivity index (χ0) is 12.6. The molecule has 0 aromatic heterocycles. The molecule has 0 amide bonds. The monoisotopic (exact) mass is 296 g/mol. The number of halogens is 2. The maximum Gasteiger partial charge on any atom is 0.161 e. The second-order valence-corrected chi connectivity index (χ2v) is 6.00. The fourth-order valence-corrected chi connectivity index (χ4v) is 2.61. The lowest BCUT2D eigenvalue weighted by Crippen LogP contribution is -2.23. The number of hydrogen-bond acceptors (Lipinski definition) is 2. The SMILES string of the molecule is CC1(C)CCN(c2ccc(C#N)c(Br)c2F)C1. The molecular formula is C13H14BrFN2. The van der Waals surface area contributed by atoms with Crippen LogP contribution in [0, 0.1) is 22.6 Å². The van der Waals surface area contributed by atoms with Crippen LogP contribution in [0.1, 0.15) is 25.8 Å². The van der Waals surface area contributed by atoms with E-state index in [0.29, 0.717) is 11.3 Å². The van der Waals surface area contributed by atoms with Gasteiger partial charge in [0.25, 0.3) is 0 Å². The molecule has 0 aliphatic carbocycles. The van der Waals surface area contributed by atoms with Crippen LogP contribution in [0.25, 0.3) is 0 Å². The van der Waals surface area contributed by atoms with Crippen molar-refractivity contribution in [3.8, 4) is 6.07 Å². The summed E-state index contributed by atoms with van der Waals surface area (Å²) >= 11 is 3.14. The third-order valence-electron chi connectivity index (χ3n) is 3.20. The average molecular weight is 297 g/mol. The van der Waals surface area contributed by atoms with Crippen molar-refractivity contribution in [1.29, 1.82) is 5.26 Å². The van der Waals surface area contributed by atoms with Gasteiger partial charge in [-0.05, 0) is 39.9 Å². The molecular weight excluding hydrogens is 283 g/mol. The second-order valence-electron chi connectivity index (χ2n) is 5.21. The summed E-state index contributed by atoms with van der Waals surface area (Å²) in [5.41, 5.74) is 1.15. The molecule has 1 saturated heterocycles. The topological polar surface area (TPSA) is 27.0 Å². The molecule has 1 heterocycles. The van der Waals surface area contributed by atoms with Gasteiger partial charge in [0.15, 0.2) is 5.82 Å². The highest BCUT2D eigenvalue weighted by Gasteiger charge is 2.31. The summed E-state index contributed by atoms with van der Waals surface area (Å²) in [7, 11) is 0. The van der Waals surface area contributed by atoms with Crippen LogP contribution < -0.4 is 4.90 Å². The van der Waals surface area contributed by atoms with Gasteiger partial charge in [0.05, 0.1) is 15.7 Å². The Labute approximate surface area is 109 Å². The minimum absolute atomic E-state index is 0.229. The van der Waals surface area contributed by atoms with Crippen LogP contribution in [0.5, 0.6) is 0 Å². The van der Waals surface area contributed by atoms with Gasteiger partial charge in [0.2, 0.25) is 0 Å². The lowest BCUT2D eigenvalue weighted by Gasteiger charge is -2.22. The van der Waals surface area contributed by atoms with Crippen LogP contribution in [0.15, 0.2) is 16.6 Å². The van der Waals surface area contributed by atoms with Gasteiger partial charge in [-0.1, -0.05) is 13.8 Å². The molecule has 0 saturated carbocycles. The molecule has 1 aliphatic heterocycles. The molecule has 2 nitrogen and oxygen atoms in total. The average Bonchev–Trinajstić information content (AvgIpc) is 2.63. The summed E-state index contributed by atoms with van der Waals surface area (Å²) in [6, 6.07) is 5.32. The van der Waals surface area contributed by atoms with Crippen molar-refractivity contribution in [2.24, 2.45) is 5.41 Å². The first-order valence-electron chi connectivity index (χ1n) is 5.58. The molecule has 1 aromatic carbocycles. The molecule has 0 N–H and O–H groups in total. The summed E-state index contributed by atoms with van der Waals surface area (Å²) in [6.45, 7) is 6.08. The van der Waals surface area contributed by atoms with E-state index in [1.165, 1.54) is 0 Å². The normalized spacial score (nSPS) is 18.2. The van der Waals surface area contributed by atoms with Crippen molar-refractivity contribution in [3.05, 3.63) is 28.0 Å². The minimum atomic E-state index is -0.332. The van der Waals surface area contributed by atoms with Gasteiger partial charge in [-0.2, -0.15) is 5.26 Å². The summed E-state index contributed by atoms with van der Waals surface area (Å²) in [6.07, 6.45) is 1.06. The van der Waals surface area contributed by atoms with E-state index in [4.69, 9.17) is 5.26 Å². The molecule has 0 unspecified atom stereocenters. The lowest BCUT2D eigenvalue weighted by molar-refractivity contribution is 0.418. The lowest BCUT2D eigenvalue weighted by atomic mass is 9.93. The van der Waals surface area contributed by atoms with Crippen LogP contribution in [0.4, 0.5) is 10.1 Å².